The molecule has 1 rings (SSSR count). The zero-order chi connectivity index (χ0) is 12.3. The summed E-state index contributed by atoms with van der Waals surface area (Å²) in [6, 6.07) is 5.65. The van der Waals surface area contributed by atoms with E-state index in [9.17, 15) is 4.79 Å². The second kappa shape index (κ2) is 5.46. The average molecular weight is 286 g/mol. The fourth-order valence-corrected chi connectivity index (χ4v) is 1.84. The van der Waals surface area contributed by atoms with Crippen LogP contribution in [0.4, 0.5) is 0 Å². The number of amides is 1. The van der Waals surface area contributed by atoms with Gasteiger partial charge < -0.3 is 0 Å². The van der Waals surface area contributed by atoms with E-state index < -0.39 is 0 Å². The van der Waals surface area contributed by atoms with Gasteiger partial charge in [0.15, 0.2) is 0 Å². The standard InChI is InChI=1S/C12H16BrNO2/c1-8(2)11-7-9(13)5-6-10(11)12(15)14(3)16-4/h5-8H,1-4H3. The van der Waals surface area contributed by atoms with Crippen LogP contribution in [-0.4, -0.2) is 25.1 Å². The van der Waals surface area contributed by atoms with Crippen molar-refractivity contribution in [2.24, 2.45) is 0 Å². The highest BCUT2D eigenvalue weighted by atomic mass is 79.9. The second-order valence-electron chi connectivity index (χ2n) is 3.87. The van der Waals surface area contributed by atoms with E-state index in [4.69, 9.17) is 4.84 Å². The van der Waals surface area contributed by atoms with E-state index in [1.165, 1.54) is 12.2 Å². The molecule has 88 valence electrons. The van der Waals surface area contributed by atoms with E-state index in [0.717, 1.165) is 10.0 Å². The van der Waals surface area contributed by atoms with Crippen LogP contribution >= 0.6 is 15.9 Å². The van der Waals surface area contributed by atoms with Gasteiger partial charge in [0.05, 0.1) is 7.11 Å². The summed E-state index contributed by atoms with van der Waals surface area (Å²) in [6.07, 6.45) is 0. The highest BCUT2D eigenvalue weighted by Crippen LogP contribution is 2.24. The second-order valence-corrected chi connectivity index (χ2v) is 4.79. The number of nitrogens with zero attached hydrogens (tertiary/aromatic N) is 1. The molecule has 0 saturated heterocycles. The molecule has 0 atom stereocenters. The molecule has 0 radical (unpaired) electrons. The molecular weight excluding hydrogens is 270 g/mol. The maximum atomic E-state index is 12.0. The van der Waals surface area contributed by atoms with Crippen molar-refractivity contribution >= 4 is 21.8 Å². The summed E-state index contributed by atoms with van der Waals surface area (Å²) >= 11 is 3.41. The van der Waals surface area contributed by atoms with Gasteiger partial charge in [0.25, 0.3) is 5.91 Å². The van der Waals surface area contributed by atoms with Crippen LogP contribution in [0.25, 0.3) is 0 Å². The van der Waals surface area contributed by atoms with Crippen LogP contribution < -0.4 is 0 Å². The lowest BCUT2D eigenvalue weighted by atomic mass is 9.97. The first-order valence-corrected chi connectivity index (χ1v) is 5.88. The van der Waals surface area contributed by atoms with Gasteiger partial charge in [0.1, 0.15) is 0 Å². The van der Waals surface area contributed by atoms with E-state index in [2.05, 4.69) is 29.8 Å². The first-order chi connectivity index (χ1) is 7.47. The Labute approximate surface area is 104 Å². The van der Waals surface area contributed by atoms with E-state index in [1.54, 1.807) is 7.05 Å². The fourth-order valence-electron chi connectivity index (χ4n) is 1.46. The summed E-state index contributed by atoms with van der Waals surface area (Å²) in [6.45, 7) is 4.12. The van der Waals surface area contributed by atoms with Gasteiger partial charge in [-0.1, -0.05) is 29.8 Å². The van der Waals surface area contributed by atoms with E-state index in [-0.39, 0.29) is 5.91 Å². The van der Waals surface area contributed by atoms with Crippen LogP contribution in [0.15, 0.2) is 22.7 Å². The molecule has 16 heavy (non-hydrogen) atoms. The third-order valence-corrected chi connectivity index (χ3v) is 2.92. The number of benzene rings is 1. The normalized spacial score (nSPS) is 10.6. The summed E-state index contributed by atoms with van der Waals surface area (Å²) < 4.78 is 0.979. The van der Waals surface area contributed by atoms with Crippen LogP contribution in [0.3, 0.4) is 0 Å². The Morgan fingerprint density at radius 1 is 1.44 bits per heavy atom. The van der Waals surface area contributed by atoms with E-state index in [0.29, 0.717) is 11.5 Å². The maximum Gasteiger partial charge on any atom is 0.277 e. The minimum atomic E-state index is -0.126. The lowest BCUT2D eigenvalue weighted by Crippen LogP contribution is -2.26. The fraction of sp³-hybridized carbons (Fsp3) is 0.417. The van der Waals surface area contributed by atoms with Gasteiger partial charge in [0, 0.05) is 17.1 Å². The number of carbonyl (C=O) groups excluding carboxylic acids is 1. The Balaban J connectivity index is 3.17. The van der Waals surface area contributed by atoms with Crippen molar-refractivity contribution in [3.63, 3.8) is 0 Å². The maximum absolute atomic E-state index is 12.0. The molecule has 0 N–H and O–H groups in total. The molecule has 0 saturated carbocycles. The molecule has 0 heterocycles. The Hall–Kier alpha value is -0.870. The highest BCUT2D eigenvalue weighted by Gasteiger charge is 2.17. The van der Waals surface area contributed by atoms with Crippen molar-refractivity contribution in [1.29, 1.82) is 0 Å². The summed E-state index contributed by atoms with van der Waals surface area (Å²) in [5, 5.41) is 1.23. The quantitative estimate of drug-likeness (QED) is 0.798. The number of carbonyl (C=O) groups is 1. The van der Waals surface area contributed by atoms with Crippen molar-refractivity contribution in [1.82, 2.24) is 5.06 Å². The topological polar surface area (TPSA) is 29.5 Å². The van der Waals surface area contributed by atoms with Crippen molar-refractivity contribution in [3.05, 3.63) is 33.8 Å². The van der Waals surface area contributed by atoms with E-state index in [1.807, 2.05) is 18.2 Å². The third-order valence-electron chi connectivity index (χ3n) is 2.43. The predicted molar refractivity (Wildman–Crippen MR) is 67.3 cm³/mol. The largest absolute Gasteiger partial charge is 0.277 e. The Kier molecular flexibility index (Phi) is 4.50. The molecular formula is C12H16BrNO2. The number of hydroxylamine groups is 2. The number of rotatable bonds is 3. The molecule has 0 aliphatic carbocycles. The highest BCUT2D eigenvalue weighted by molar-refractivity contribution is 9.10. The molecule has 0 aliphatic heterocycles. The monoisotopic (exact) mass is 285 g/mol. The first kappa shape index (κ1) is 13.2. The van der Waals surface area contributed by atoms with Gasteiger partial charge in [-0.15, -0.1) is 0 Å². The number of hydrogen-bond donors (Lipinski definition) is 0. The van der Waals surface area contributed by atoms with Gasteiger partial charge in [-0.25, -0.2) is 5.06 Å². The van der Waals surface area contributed by atoms with Crippen LogP contribution in [0, 0.1) is 0 Å². The Bertz CT molecular complexity index is 391. The minimum Gasteiger partial charge on any atom is -0.274 e. The molecule has 0 fully saturated rings. The van der Waals surface area contributed by atoms with Crippen molar-refractivity contribution in [2.75, 3.05) is 14.2 Å². The zero-order valence-corrected chi connectivity index (χ0v) is 11.5. The van der Waals surface area contributed by atoms with E-state index >= 15 is 0 Å². The smallest absolute Gasteiger partial charge is 0.274 e. The van der Waals surface area contributed by atoms with Crippen LogP contribution in [-0.2, 0) is 4.84 Å². The van der Waals surface area contributed by atoms with Gasteiger partial charge in [0.2, 0.25) is 0 Å². The molecule has 0 aromatic heterocycles. The molecule has 1 amide bonds. The molecule has 1 aromatic rings. The first-order valence-electron chi connectivity index (χ1n) is 5.09. The predicted octanol–water partition coefficient (Wildman–Crippen LogP) is 3.21. The summed E-state index contributed by atoms with van der Waals surface area (Å²) in [4.78, 5) is 16.9. The summed E-state index contributed by atoms with van der Waals surface area (Å²) in [7, 11) is 3.08. The van der Waals surface area contributed by atoms with Gasteiger partial charge in [-0.05, 0) is 29.7 Å². The zero-order valence-electron chi connectivity index (χ0n) is 9.95. The molecule has 0 bridgehead atoms. The van der Waals surface area contributed by atoms with Crippen LogP contribution in [0.2, 0.25) is 0 Å². The third kappa shape index (κ3) is 2.83. The Morgan fingerprint density at radius 2 is 2.06 bits per heavy atom. The van der Waals surface area contributed by atoms with Crippen LogP contribution in [0.5, 0.6) is 0 Å². The summed E-state index contributed by atoms with van der Waals surface area (Å²) in [5.74, 6) is 0.167. The molecule has 0 aliphatic rings. The lowest BCUT2D eigenvalue weighted by molar-refractivity contribution is -0.0757. The number of halogens is 1. The molecule has 1 aromatic carbocycles. The van der Waals surface area contributed by atoms with Crippen molar-refractivity contribution < 1.29 is 9.63 Å². The van der Waals surface area contributed by atoms with Gasteiger partial charge >= 0.3 is 0 Å². The molecule has 3 nitrogen and oxygen atoms in total. The summed E-state index contributed by atoms with van der Waals surface area (Å²) in [5.41, 5.74) is 1.70. The van der Waals surface area contributed by atoms with Gasteiger partial charge in [-0.2, -0.15) is 0 Å². The van der Waals surface area contributed by atoms with Crippen molar-refractivity contribution in [3.8, 4) is 0 Å². The minimum absolute atomic E-state index is 0.126. The molecule has 0 spiro atoms. The van der Waals surface area contributed by atoms with Crippen LogP contribution in [0.1, 0.15) is 35.7 Å². The number of hydrogen-bond acceptors (Lipinski definition) is 2. The molecule has 0 unspecified atom stereocenters. The molecule has 4 heteroatoms. The van der Waals surface area contributed by atoms with Crippen molar-refractivity contribution in [2.45, 2.75) is 19.8 Å². The Morgan fingerprint density at radius 3 is 2.56 bits per heavy atom. The average Bonchev–Trinajstić information content (AvgIpc) is 2.26. The van der Waals surface area contributed by atoms with Gasteiger partial charge in [-0.3, -0.25) is 9.63 Å². The SMILES string of the molecule is CON(C)C(=O)c1ccc(Br)cc1C(C)C. The lowest BCUT2D eigenvalue weighted by Gasteiger charge is -2.18.